The molecule has 1 aromatic rings. The molecular weight excluding hydrogens is 300 g/mol. The van der Waals surface area contributed by atoms with Crippen LogP contribution < -0.4 is 15.4 Å². The molecule has 124 valence electrons. The molecule has 1 aliphatic rings. The monoisotopic (exact) mass is 326 g/mol. The van der Waals surface area contributed by atoms with Crippen molar-refractivity contribution in [1.29, 1.82) is 0 Å². The molecule has 1 aliphatic heterocycles. The second-order valence-electron chi connectivity index (χ2n) is 5.91. The summed E-state index contributed by atoms with van der Waals surface area (Å²) in [7, 11) is 0. The summed E-state index contributed by atoms with van der Waals surface area (Å²) in [5.41, 5.74) is 0.692. The normalized spacial score (nSPS) is 22.3. The van der Waals surface area contributed by atoms with Crippen molar-refractivity contribution in [3.8, 4) is 5.75 Å². The predicted molar refractivity (Wildman–Crippen MR) is 92.0 cm³/mol. The molecule has 2 N–H and O–H groups in total. The standard InChI is InChI=1S/C17H26N2O2.ClH/c1-4-13(3)21-15-7-5-14(6-8-15)17(20)19-16-9-10-18-11-12(16)2;/h5-8,12-13,16,18H,4,9-11H2,1-3H3,(H,19,20);1H. The molecular formula is C17H27ClN2O2. The van der Waals surface area contributed by atoms with Gasteiger partial charge in [-0.25, -0.2) is 0 Å². The summed E-state index contributed by atoms with van der Waals surface area (Å²) in [6, 6.07) is 7.66. The first kappa shape index (κ1) is 18.8. The third-order valence-corrected chi connectivity index (χ3v) is 4.13. The van der Waals surface area contributed by atoms with Crippen molar-refractivity contribution in [2.45, 2.75) is 45.8 Å². The first-order valence-electron chi connectivity index (χ1n) is 7.88. The molecule has 1 fully saturated rings. The number of amides is 1. The van der Waals surface area contributed by atoms with Crippen LogP contribution in [0, 0.1) is 5.92 Å². The van der Waals surface area contributed by atoms with Gasteiger partial charge in [0.25, 0.3) is 5.91 Å². The van der Waals surface area contributed by atoms with Crippen molar-refractivity contribution in [3.63, 3.8) is 0 Å². The second kappa shape index (κ2) is 9.01. The number of nitrogens with one attached hydrogen (secondary N) is 2. The molecule has 3 unspecified atom stereocenters. The van der Waals surface area contributed by atoms with Gasteiger partial charge in [0.1, 0.15) is 5.75 Å². The van der Waals surface area contributed by atoms with Crippen molar-refractivity contribution in [2.75, 3.05) is 13.1 Å². The summed E-state index contributed by atoms with van der Waals surface area (Å²) < 4.78 is 5.73. The predicted octanol–water partition coefficient (Wildman–Crippen LogP) is 3.01. The van der Waals surface area contributed by atoms with Gasteiger partial charge < -0.3 is 15.4 Å². The average molecular weight is 327 g/mol. The fourth-order valence-corrected chi connectivity index (χ4v) is 2.48. The first-order chi connectivity index (χ1) is 10.1. The van der Waals surface area contributed by atoms with Gasteiger partial charge in [-0.3, -0.25) is 4.79 Å². The Bertz CT molecular complexity index is 464. The highest BCUT2D eigenvalue weighted by molar-refractivity contribution is 5.94. The molecule has 0 spiro atoms. The summed E-state index contributed by atoms with van der Waals surface area (Å²) in [6.07, 6.45) is 2.15. The minimum absolute atomic E-state index is 0. The Kier molecular flexibility index (Phi) is 7.69. The third kappa shape index (κ3) is 5.18. The van der Waals surface area contributed by atoms with Crippen LogP contribution in [-0.4, -0.2) is 31.1 Å². The van der Waals surface area contributed by atoms with E-state index in [1.807, 2.05) is 31.2 Å². The minimum Gasteiger partial charge on any atom is -0.491 e. The molecule has 1 saturated heterocycles. The third-order valence-electron chi connectivity index (χ3n) is 4.13. The lowest BCUT2D eigenvalue weighted by Gasteiger charge is -2.30. The van der Waals surface area contributed by atoms with Gasteiger partial charge in [0.05, 0.1) is 6.10 Å². The maximum Gasteiger partial charge on any atom is 0.251 e. The van der Waals surface area contributed by atoms with E-state index in [1.54, 1.807) is 0 Å². The van der Waals surface area contributed by atoms with Crippen molar-refractivity contribution >= 4 is 18.3 Å². The molecule has 0 bridgehead atoms. The van der Waals surface area contributed by atoms with Gasteiger partial charge in [0.15, 0.2) is 0 Å². The number of carbonyl (C=O) groups is 1. The Hall–Kier alpha value is -1.26. The highest BCUT2D eigenvalue weighted by Gasteiger charge is 2.22. The Morgan fingerprint density at radius 1 is 1.41 bits per heavy atom. The maximum absolute atomic E-state index is 12.3. The molecule has 0 radical (unpaired) electrons. The molecule has 1 heterocycles. The van der Waals surface area contributed by atoms with E-state index in [1.165, 1.54) is 0 Å². The summed E-state index contributed by atoms with van der Waals surface area (Å²) >= 11 is 0. The summed E-state index contributed by atoms with van der Waals surface area (Å²) in [5.74, 6) is 1.29. The van der Waals surface area contributed by atoms with Gasteiger partial charge in [-0.05, 0) is 63.0 Å². The van der Waals surface area contributed by atoms with Crippen molar-refractivity contribution < 1.29 is 9.53 Å². The molecule has 0 aliphatic carbocycles. The lowest BCUT2D eigenvalue weighted by Crippen LogP contribution is -2.48. The van der Waals surface area contributed by atoms with Crippen LogP contribution in [0.1, 0.15) is 44.0 Å². The smallest absolute Gasteiger partial charge is 0.251 e. The zero-order valence-electron chi connectivity index (χ0n) is 13.6. The van der Waals surface area contributed by atoms with Gasteiger partial charge in [0.2, 0.25) is 0 Å². The Morgan fingerprint density at radius 2 is 2.09 bits per heavy atom. The average Bonchev–Trinajstić information content (AvgIpc) is 2.50. The quantitative estimate of drug-likeness (QED) is 0.874. The molecule has 1 amide bonds. The number of hydrogen-bond donors (Lipinski definition) is 2. The minimum atomic E-state index is 0. The lowest BCUT2D eigenvalue weighted by atomic mass is 9.95. The van der Waals surface area contributed by atoms with E-state index in [0.717, 1.165) is 31.7 Å². The van der Waals surface area contributed by atoms with E-state index >= 15 is 0 Å². The van der Waals surface area contributed by atoms with Gasteiger partial charge in [0, 0.05) is 11.6 Å². The van der Waals surface area contributed by atoms with E-state index in [2.05, 4.69) is 24.5 Å². The zero-order chi connectivity index (χ0) is 15.2. The molecule has 5 heteroatoms. The summed E-state index contributed by atoms with van der Waals surface area (Å²) in [4.78, 5) is 12.3. The molecule has 0 saturated carbocycles. The van der Waals surface area contributed by atoms with Crippen LogP contribution in [0.2, 0.25) is 0 Å². The SMILES string of the molecule is CCC(C)Oc1ccc(C(=O)NC2CCNCC2C)cc1.Cl. The van der Waals surface area contributed by atoms with E-state index in [-0.39, 0.29) is 30.5 Å². The van der Waals surface area contributed by atoms with Gasteiger partial charge >= 0.3 is 0 Å². The van der Waals surface area contributed by atoms with Crippen LogP contribution in [0.4, 0.5) is 0 Å². The molecule has 0 aromatic heterocycles. The number of rotatable bonds is 5. The summed E-state index contributed by atoms with van der Waals surface area (Å²) in [5, 5.41) is 6.48. The summed E-state index contributed by atoms with van der Waals surface area (Å²) in [6.45, 7) is 8.23. The number of halogens is 1. The molecule has 4 nitrogen and oxygen atoms in total. The van der Waals surface area contributed by atoms with Crippen LogP contribution in [0.3, 0.4) is 0 Å². The van der Waals surface area contributed by atoms with E-state index in [0.29, 0.717) is 11.5 Å². The molecule has 3 atom stereocenters. The highest BCUT2D eigenvalue weighted by Crippen LogP contribution is 2.16. The van der Waals surface area contributed by atoms with Crippen LogP contribution in [-0.2, 0) is 0 Å². The molecule has 2 rings (SSSR count). The fourth-order valence-electron chi connectivity index (χ4n) is 2.48. The number of piperidine rings is 1. The van der Waals surface area contributed by atoms with Gasteiger partial charge in [-0.2, -0.15) is 0 Å². The van der Waals surface area contributed by atoms with Crippen LogP contribution in [0.15, 0.2) is 24.3 Å². The number of carbonyl (C=O) groups excluding carboxylic acids is 1. The largest absolute Gasteiger partial charge is 0.491 e. The van der Waals surface area contributed by atoms with Crippen molar-refractivity contribution in [1.82, 2.24) is 10.6 Å². The molecule has 1 aromatic carbocycles. The maximum atomic E-state index is 12.3. The van der Waals surface area contributed by atoms with E-state index in [4.69, 9.17) is 4.74 Å². The van der Waals surface area contributed by atoms with Gasteiger partial charge in [-0.15, -0.1) is 12.4 Å². The Labute approximate surface area is 139 Å². The van der Waals surface area contributed by atoms with Crippen LogP contribution >= 0.6 is 12.4 Å². The topological polar surface area (TPSA) is 50.4 Å². The van der Waals surface area contributed by atoms with Crippen molar-refractivity contribution in [3.05, 3.63) is 29.8 Å². The first-order valence-corrected chi connectivity index (χ1v) is 7.88. The van der Waals surface area contributed by atoms with Crippen LogP contribution in [0.25, 0.3) is 0 Å². The van der Waals surface area contributed by atoms with E-state index < -0.39 is 0 Å². The Morgan fingerprint density at radius 3 is 2.68 bits per heavy atom. The number of ether oxygens (including phenoxy) is 1. The number of hydrogen-bond acceptors (Lipinski definition) is 3. The fraction of sp³-hybridized carbons (Fsp3) is 0.588. The molecule has 22 heavy (non-hydrogen) atoms. The Balaban J connectivity index is 0.00000242. The van der Waals surface area contributed by atoms with Crippen molar-refractivity contribution in [2.24, 2.45) is 5.92 Å². The van der Waals surface area contributed by atoms with Crippen LogP contribution in [0.5, 0.6) is 5.75 Å². The van der Waals surface area contributed by atoms with E-state index in [9.17, 15) is 4.79 Å². The second-order valence-corrected chi connectivity index (χ2v) is 5.91. The van der Waals surface area contributed by atoms with Gasteiger partial charge in [-0.1, -0.05) is 13.8 Å². The number of benzene rings is 1. The lowest BCUT2D eigenvalue weighted by molar-refractivity contribution is 0.0914. The zero-order valence-corrected chi connectivity index (χ0v) is 14.4. The highest BCUT2D eigenvalue weighted by atomic mass is 35.5.